The molecule has 10 rings (SSSR count). The quantitative estimate of drug-likeness (QED) is 0.158. The van der Waals surface area contributed by atoms with E-state index in [0.29, 0.717) is 0 Å². The fourth-order valence-corrected chi connectivity index (χ4v) is 18.1. The molecule has 250 valence electrons. The topological polar surface area (TPSA) is 0 Å². The average molecular weight is 687 g/mol. The summed E-state index contributed by atoms with van der Waals surface area (Å²) in [5.74, 6) is 3.64. The van der Waals surface area contributed by atoms with E-state index >= 15 is 0 Å². The summed E-state index contributed by atoms with van der Waals surface area (Å²) in [5.41, 5.74) is 9.03. The summed E-state index contributed by atoms with van der Waals surface area (Å²) in [7, 11) is -0.606. The maximum Gasteiger partial charge on any atom is -0.000927 e. The Hall–Kier alpha value is -3.30. The molecule has 4 aliphatic rings. The first-order valence-electron chi connectivity index (χ1n) is 19.5. The molecule has 0 aromatic heterocycles. The van der Waals surface area contributed by atoms with Crippen molar-refractivity contribution in [2.75, 3.05) is 24.6 Å². The highest BCUT2D eigenvalue weighted by Crippen LogP contribution is 2.60. The van der Waals surface area contributed by atoms with Crippen LogP contribution in [0, 0.1) is 23.7 Å². The summed E-state index contributed by atoms with van der Waals surface area (Å²) in [6.45, 7) is 0. The van der Waals surface area contributed by atoms with E-state index in [4.69, 9.17) is 0 Å². The molecule has 0 radical (unpaired) electrons. The second kappa shape index (κ2) is 13.4. The highest BCUT2D eigenvalue weighted by Gasteiger charge is 2.41. The van der Waals surface area contributed by atoms with Gasteiger partial charge in [0.1, 0.15) is 0 Å². The molecule has 6 aromatic rings. The molecule has 2 aliphatic heterocycles. The van der Waals surface area contributed by atoms with Gasteiger partial charge in [-0.2, -0.15) is 0 Å². The summed E-state index contributed by atoms with van der Waals surface area (Å²) in [5, 5.41) is 9.19. The first-order chi connectivity index (χ1) is 24.8. The van der Waals surface area contributed by atoms with E-state index in [0.717, 1.165) is 23.7 Å². The normalized spacial score (nSPS) is 24.1. The van der Waals surface area contributed by atoms with E-state index in [1.807, 2.05) is 0 Å². The van der Waals surface area contributed by atoms with Crippen LogP contribution in [0.1, 0.15) is 51.4 Å². The van der Waals surface area contributed by atoms with Crippen molar-refractivity contribution in [3.63, 3.8) is 0 Å². The fraction of sp³-hybridized carbons (Fsp3) is 0.333. The van der Waals surface area contributed by atoms with E-state index in [1.54, 1.807) is 21.7 Å². The van der Waals surface area contributed by atoms with E-state index in [-0.39, 0.29) is 15.8 Å². The Morgan fingerprint density at radius 1 is 0.380 bits per heavy atom. The Morgan fingerprint density at radius 3 is 1.10 bits per heavy atom. The van der Waals surface area contributed by atoms with Crippen LogP contribution in [-0.4, -0.2) is 24.6 Å². The molecular weight excluding hydrogens is 638 g/mol. The van der Waals surface area contributed by atoms with E-state index in [1.165, 1.54) is 120 Å². The van der Waals surface area contributed by atoms with Gasteiger partial charge in [0.2, 0.25) is 0 Å². The molecule has 2 aliphatic carbocycles. The van der Waals surface area contributed by atoms with Gasteiger partial charge in [-0.1, -0.05) is 151 Å². The Bertz CT molecular complexity index is 1980. The van der Waals surface area contributed by atoms with Gasteiger partial charge >= 0.3 is 0 Å². The van der Waals surface area contributed by atoms with Crippen LogP contribution < -0.4 is 10.6 Å². The smallest absolute Gasteiger partial charge is 0.000927 e. The summed E-state index contributed by atoms with van der Waals surface area (Å²) < 4.78 is 0. The number of rotatable bonds is 5. The Labute approximate surface area is 301 Å². The molecule has 0 N–H and O–H groups in total. The monoisotopic (exact) mass is 686 g/mol. The van der Waals surface area contributed by atoms with Gasteiger partial charge in [0.15, 0.2) is 0 Å². The van der Waals surface area contributed by atoms with E-state index in [9.17, 15) is 0 Å². The maximum absolute atomic E-state index is 2.59. The van der Waals surface area contributed by atoms with E-state index in [2.05, 4.69) is 121 Å². The molecule has 0 nitrogen and oxygen atoms in total. The molecule has 0 spiro atoms. The average Bonchev–Trinajstić information content (AvgIpc) is 3.82. The van der Waals surface area contributed by atoms with Crippen molar-refractivity contribution in [2.45, 2.75) is 51.4 Å². The van der Waals surface area contributed by atoms with Crippen molar-refractivity contribution < 1.29 is 0 Å². The van der Waals surface area contributed by atoms with Crippen LogP contribution in [0.5, 0.6) is 0 Å². The van der Waals surface area contributed by atoms with Gasteiger partial charge in [0.05, 0.1) is 0 Å². The van der Waals surface area contributed by atoms with Gasteiger partial charge in [0.25, 0.3) is 0 Å². The Kier molecular flexibility index (Phi) is 8.39. The molecule has 50 heavy (non-hydrogen) atoms. The van der Waals surface area contributed by atoms with Crippen LogP contribution in [0.3, 0.4) is 0 Å². The zero-order chi connectivity index (χ0) is 33.0. The third kappa shape index (κ3) is 5.49. The molecule has 2 saturated carbocycles. The summed E-state index contributed by atoms with van der Waals surface area (Å²) in [6.07, 6.45) is 17.1. The van der Waals surface area contributed by atoms with Crippen LogP contribution in [0.15, 0.2) is 121 Å². The third-order valence-corrected chi connectivity index (χ3v) is 18.9. The minimum atomic E-state index is -0.303. The van der Waals surface area contributed by atoms with Crippen LogP contribution in [0.25, 0.3) is 54.9 Å². The lowest BCUT2D eigenvalue weighted by Gasteiger charge is -2.29. The van der Waals surface area contributed by atoms with Gasteiger partial charge in [-0.15, -0.1) is 0 Å². The van der Waals surface area contributed by atoms with Crippen molar-refractivity contribution in [3.05, 3.63) is 121 Å². The molecule has 4 atom stereocenters. The minimum Gasteiger partial charge on any atom is -0.0734 e. The van der Waals surface area contributed by atoms with Crippen LogP contribution in [-0.2, 0) is 0 Å². The lowest BCUT2D eigenvalue weighted by Crippen LogP contribution is -2.19. The van der Waals surface area contributed by atoms with Gasteiger partial charge in [-0.25, -0.2) is 0 Å². The van der Waals surface area contributed by atoms with Gasteiger partial charge in [0, 0.05) is 0 Å². The molecule has 4 fully saturated rings. The number of hydrogen-bond donors (Lipinski definition) is 0. The predicted molar refractivity (Wildman–Crippen MR) is 221 cm³/mol. The molecule has 2 heteroatoms. The van der Waals surface area contributed by atoms with Crippen LogP contribution in [0.2, 0.25) is 0 Å². The lowest BCUT2D eigenvalue weighted by atomic mass is 9.82. The summed E-state index contributed by atoms with van der Waals surface area (Å²) in [4.78, 5) is 0. The van der Waals surface area contributed by atoms with Gasteiger partial charge in [-0.05, 0) is 152 Å². The zero-order valence-electron chi connectivity index (χ0n) is 29.2. The first kappa shape index (κ1) is 31.4. The number of fused-ring (bicyclic) bond motifs is 4. The van der Waals surface area contributed by atoms with Crippen LogP contribution in [0.4, 0.5) is 0 Å². The lowest BCUT2D eigenvalue weighted by molar-refractivity contribution is 0.299. The largest absolute Gasteiger partial charge is 0.0734 e. The number of hydrogen-bond acceptors (Lipinski definition) is 0. The first-order valence-corrected chi connectivity index (χ1v) is 22.9. The molecule has 0 amide bonds. The minimum absolute atomic E-state index is 0.303. The van der Waals surface area contributed by atoms with Crippen molar-refractivity contribution in [2.24, 2.45) is 23.7 Å². The van der Waals surface area contributed by atoms with Crippen LogP contribution >= 0.6 is 15.8 Å². The molecule has 6 aromatic carbocycles. The van der Waals surface area contributed by atoms with Crippen molar-refractivity contribution in [3.8, 4) is 33.4 Å². The predicted octanol–water partition coefficient (Wildman–Crippen LogP) is 12.8. The number of benzene rings is 6. The van der Waals surface area contributed by atoms with Gasteiger partial charge in [-0.3, -0.25) is 0 Å². The van der Waals surface area contributed by atoms with E-state index < -0.39 is 0 Å². The summed E-state index contributed by atoms with van der Waals surface area (Å²) >= 11 is 0. The van der Waals surface area contributed by atoms with Crippen molar-refractivity contribution >= 4 is 48.0 Å². The highest BCUT2D eigenvalue weighted by atomic mass is 31.1. The fourth-order valence-electron chi connectivity index (χ4n) is 10.7. The third-order valence-electron chi connectivity index (χ3n) is 13.0. The molecule has 2 heterocycles. The second-order valence-corrected chi connectivity index (χ2v) is 20.4. The molecule has 2 saturated heterocycles. The second-order valence-electron chi connectivity index (χ2n) is 15.9. The highest BCUT2D eigenvalue weighted by molar-refractivity contribution is 7.67. The van der Waals surface area contributed by atoms with Crippen molar-refractivity contribution in [1.29, 1.82) is 0 Å². The van der Waals surface area contributed by atoms with Gasteiger partial charge < -0.3 is 0 Å². The summed E-state index contributed by atoms with van der Waals surface area (Å²) in [6, 6.07) is 47.1. The zero-order valence-corrected chi connectivity index (χ0v) is 31.0. The molecular formula is C48H48P2. The maximum atomic E-state index is 2.59. The molecule has 0 bridgehead atoms. The Morgan fingerprint density at radius 2 is 0.720 bits per heavy atom. The standard InChI is InChI=1S/C48H48P2/c1-3-15-33(16-4-1)43-27-35-19-11-13-25-41(35)45(47(43)49-29-37-21-7-8-22-38(37)30-49)46-42-26-14-12-20-36(42)28-44(34-17-5-2-6-18-34)48(46)50-31-39-23-9-10-24-40(39)32-50/h1-6,11-20,25-28,37-40H,7-10,21-24,29-32H2/t37-,38-,39-,40-/m1/s1. The SMILES string of the molecule is c1ccc(-c2cc3ccccc3c(-c3c(P4C[C@H]5CCCC[C@@H]5C4)c(-c4ccccc4)cc4ccccc34)c2P2C[C@H]3CCCC[C@@H]3C2)cc1. The Balaban J connectivity index is 1.34. The van der Waals surface area contributed by atoms with Crippen molar-refractivity contribution in [1.82, 2.24) is 0 Å². The molecule has 0 unspecified atom stereocenters.